The maximum Gasteiger partial charge on any atom is 0.295 e. The normalized spacial score (nSPS) is 10.5. The van der Waals surface area contributed by atoms with Crippen LogP contribution in [0.2, 0.25) is 5.02 Å². The molecule has 2 N–H and O–H groups in total. The summed E-state index contributed by atoms with van der Waals surface area (Å²) < 4.78 is 18.2. The molecule has 0 aliphatic rings. The Kier molecular flexibility index (Phi) is 6.48. The second-order valence-corrected chi connectivity index (χ2v) is 4.06. The maximum absolute atomic E-state index is 13.1. The fourth-order valence-corrected chi connectivity index (χ4v) is 1.56. The quantitative estimate of drug-likeness (QED) is 0.436. The molecule has 0 heterocycles. The van der Waals surface area contributed by atoms with Crippen LogP contribution in [0.3, 0.4) is 0 Å². The molecule has 0 spiro atoms. The molecule has 0 saturated heterocycles. The van der Waals surface area contributed by atoms with E-state index in [0.29, 0.717) is 19.6 Å². The van der Waals surface area contributed by atoms with Gasteiger partial charge in [-0.15, -0.1) is 0 Å². The zero-order chi connectivity index (χ0) is 14.3. The van der Waals surface area contributed by atoms with Gasteiger partial charge in [0, 0.05) is 13.2 Å². The highest BCUT2D eigenvalue weighted by Crippen LogP contribution is 2.30. The smallest absolute Gasteiger partial charge is 0.295 e. The van der Waals surface area contributed by atoms with E-state index in [0.717, 1.165) is 6.07 Å². The number of nitrogens with zero attached hydrogens (tertiary/aromatic N) is 1. The Hall–Kier alpha value is -1.44. The lowest BCUT2D eigenvalue weighted by Gasteiger charge is -2.08. The van der Waals surface area contributed by atoms with E-state index in [1.54, 1.807) is 0 Å². The van der Waals surface area contributed by atoms with E-state index in [9.17, 15) is 14.5 Å². The highest BCUT2D eigenvalue weighted by molar-refractivity contribution is 6.31. The number of hydrogen-bond donors (Lipinski definition) is 2. The number of hydrogen-bond acceptors (Lipinski definition) is 5. The molecule has 8 heteroatoms. The van der Waals surface area contributed by atoms with E-state index >= 15 is 0 Å². The SMILES string of the molecule is O=[N+]([O-])c1cc(F)c(Cl)cc1NCCCOCCO. The minimum atomic E-state index is -0.829. The van der Waals surface area contributed by atoms with E-state index in [2.05, 4.69) is 5.32 Å². The molecule has 0 aliphatic carbocycles. The zero-order valence-corrected chi connectivity index (χ0v) is 10.8. The van der Waals surface area contributed by atoms with E-state index < -0.39 is 10.7 Å². The van der Waals surface area contributed by atoms with Gasteiger partial charge in [0.05, 0.1) is 29.2 Å². The van der Waals surface area contributed by atoms with Crippen molar-refractivity contribution in [1.29, 1.82) is 0 Å². The maximum atomic E-state index is 13.1. The van der Waals surface area contributed by atoms with Crippen molar-refractivity contribution in [3.8, 4) is 0 Å². The number of nitro groups is 1. The molecule has 1 rings (SSSR count). The Balaban J connectivity index is 2.57. The molecule has 0 unspecified atom stereocenters. The monoisotopic (exact) mass is 292 g/mol. The minimum absolute atomic E-state index is 0.0491. The van der Waals surface area contributed by atoms with E-state index in [-0.39, 0.29) is 29.6 Å². The van der Waals surface area contributed by atoms with Crippen molar-refractivity contribution in [1.82, 2.24) is 0 Å². The molecule has 0 bridgehead atoms. The van der Waals surface area contributed by atoms with Crippen molar-refractivity contribution in [2.75, 3.05) is 31.7 Å². The third kappa shape index (κ3) is 4.98. The minimum Gasteiger partial charge on any atom is -0.394 e. The summed E-state index contributed by atoms with van der Waals surface area (Å²) in [4.78, 5) is 10.1. The number of nitrogens with one attached hydrogen (secondary N) is 1. The van der Waals surface area contributed by atoms with Crippen LogP contribution in [0.15, 0.2) is 12.1 Å². The Morgan fingerprint density at radius 2 is 2.21 bits per heavy atom. The number of ether oxygens (including phenoxy) is 1. The zero-order valence-electron chi connectivity index (χ0n) is 10.1. The van der Waals surface area contributed by atoms with Crippen LogP contribution in [0.4, 0.5) is 15.8 Å². The van der Waals surface area contributed by atoms with Crippen LogP contribution < -0.4 is 5.32 Å². The van der Waals surface area contributed by atoms with Crippen molar-refractivity contribution < 1.29 is 19.2 Å². The number of anilines is 1. The Bertz CT molecular complexity index is 445. The lowest BCUT2D eigenvalue weighted by atomic mass is 10.2. The van der Waals surface area contributed by atoms with E-state index in [1.807, 2.05) is 0 Å². The average Bonchev–Trinajstić information content (AvgIpc) is 2.37. The van der Waals surface area contributed by atoms with Crippen LogP contribution in [0, 0.1) is 15.9 Å². The van der Waals surface area contributed by atoms with Crippen molar-refractivity contribution in [2.45, 2.75) is 6.42 Å². The van der Waals surface area contributed by atoms with Crippen molar-refractivity contribution in [2.24, 2.45) is 0 Å². The van der Waals surface area contributed by atoms with Crippen molar-refractivity contribution >= 4 is 23.0 Å². The number of nitro benzene ring substituents is 1. The summed E-state index contributed by atoms with van der Waals surface area (Å²) in [7, 11) is 0. The molecule has 1 aromatic rings. The number of aliphatic hydroxyl groups is 1. The van der Waals surface area contributed by atoms with Gasteiger partial charge < -0.3 is 15.2 Å². The summed E-state index contributed by atoms with van der Waals surface area (Å²) in [6.07, 6.45) is 0.589. The van der Waals surface area contributed by atoms with Crippen LogP contribution >= 0.6 is 11.6 Å². The van der Waals surface area contributed by atoms with Gasteiger partial charge in [-0.1, -0.05) is 11.6 Å². The van der Waals surface area contributed by atoms with Crippen LogP contribution in [0.25, 0.3) is 0 Å². The predicted molar refractivity (Wildman–Crippen MR) is 69.1 cm³/mol. The summed E-state index contributed by atoms with van der Waals surface area (Å²) in [6.45, 7) is 1.03. The summed E-state index contributed by atoms with van der Waals surface area (Å²) in [5.74, 6) is -0.829. The average molecular weight is 293 g/mol. The summed E-state index contributed by atoms with van der Waals surface area (Å²) in [5.41, 5.74) is -0.197. The first-order valence-electron chi connectivity index (χ1n) is 5.62. The molecule has 0 fully saturated rings. The first-order valence-corrected chi connectivity index (χ1v) is 6.00. The second kappa shape index (κ2) is 7.88. The van der Waals surface area contributed by atoms with Gasteiger partial charge in [-0.3, -0.25) is 10.1 Å². The van der Waals surface area contributed by atoms with Crippen LogP contribution in [0.1, 0.15) is 6.42 Å². The first kappa shape index (κ1) is 15.6. The van der Waals surface area contributed by atoms with Crippen molar-refractivity contribution in [3.05, 3.63) is 33.1 Å². The summed E-state index contributed by atoms with van der Waals surface area (Å²) >= 11 is 5.58. The molecule has 0 aliphatic heterocycles. The number of halogens is 2. The summed E-state index contributed by atoms with van der Waals surface area (Å²) in [5, 5.41) is 21.9. The third-order valence-electron chi connectivity index (χ3n) is 2.25. The second-order valence-electron chi connectivity index (χ2n) is 3.66. The molecule has 0 saturated carbocycles. The van der Waals surface area contributed by atoms with Crippen molar-refractivity contribution in [3.63, 3.8) is 0 Å². The third-order valence-corrected chi connectivity index (χ3v) is 2.54. The Morgan fingerprint density at radius 1 is 1.47 bits per heavy atom. The van der Waals surface area contributed by atoms with Gasteiger partial charge in [0.25, 0.3) is 5.69 Å². The van der Waals surface area contributed by atoms with Gasteiger partial charge >= 0.3 is 0 Å². The van der Waals surface area contributed by atoms with Gasteiger partial charge in [-0.25, -0.2) is 4.39 Å². The highest BCUT2D eigenvalue weighted by Gasteiger charge is 2.17. The van der Waals surface area contributed by atoms with Gasteiger partial charge in [0.2, 0.25) is 0 Å². The Labute approximate surface area is 114 Å². The molecule has 0 atom stereocenters. The number of rotatable bonds is 8. The van der Waals surface area contributed by atoms with Crippen LogP contribution in [0.5, 0.6) is 0 Å². The molecule has 19 heavy (non-hydrogen) atoms. The fraction of sp³-hybridized carbons (Fsp3) is 0.455. The fourth-order valence-electron chi connectivity index (χ4n) is 1.39. The lowest BCUT2D eigenvalue weighted by Crippen LogP contribution is -2.09. The largest absolute Gasteiger partial charge is 0.394 e. The standard InChI is InChI=1S/C11H14ClFN2O4/c12-8-6-10(11(15(17)18)7-9(8)13)14-2-1-4-19-5-3-16/h6-7,14,16H,1-5H2. The molecular weight excluding hydrogens is 279 g/mol. The molecule has 0 amide bonds. The number of benzene rings is 1. The van der Waals surface area contributed by atoms with Crippen LogP contribution in [-0.2, 0) is 4.74 Å². The van der Waals surface area contributed by atoms with Gasteiger partial charge in [0.1, 0.15) is 11.5 Å². The Morgan fingerprint density at radius 3 is 2.84 bits per heavy atom. The molecular formula is C11H14ClFN2O4. The first-order chi connectivity index (χ1) is 9.06. The lowest BCUT2D eigenvalue weighted by molar-refractivity contribution is -0.384. The van der Waals surface area contributed by atoms with E-state index in [4.69, 9.17) is 21.4 Å². The van der Waals surface area contributed by atoms with Gasteiger partial charge in [0.15, 0.2) is 0 Å². The molecule has 6 nitrogen and oxygen atoms in total. The molecule has 0 aromatic heterocycles. The molecule has 1 aromatic carbocycles. The summed E-state index contributed by atoms with van der Waals surface area (Å²) in [6, 6.07) is 1.97. The highest BCUT2D eigenvalue weighted by atomic mass is 35.5. The number of aliphatic hydroxyl groups excluding tert-OH is 1. The molecule has 106 valence electrons. The van der Waals surface area contributed by atoms with Gasteiger partial charge in [-0.05, 0) is 12.5 Å². The van der Waals surface area contributed by atoms with E-state index in [1.165, 1.54) is 6.07 Å². The predicted octanol–water partition coefficient (Wildman–Crippen LogP) is 2.20. The topological polar surface area (TPSA) is 84.6 Å². The molecule has 0 radical (unpaired) electrons. The van der Waals surface area contributed by atoms with Crippen LogP contribution in [-0.4, -0.2) is 36.4 Å². The van der Waals surface area contributed by atoms with Gasteiger partial charge in [-0.2, -0.15) is 0 Å².